The number of benzene rings is 1. The van der Waals surface area contributed by atoms with Gasteiger partial charge >= 0.3 is 0 Å². The molecule has 88 valence electrons. The molecule has 1 atom stereocenters. The van der Waals surface area contributed by atoms with Gasteiger partial charge in [-0.3, -0.25) is 0 Å². The molecular formula is C13H20N2O. The van der Waals surface area contributed by atoms with E-state index >= 15 is 0 Å². The Bertz CT molecular complexity index is 340. The van der Waals surface area contributed by atoms with Crippen molar-refractivity contribution in [2.45, 2.75) is 6.42 Å². The summed E-state index contributed by atoms with van der Waals surface area (Å²) in [6.45, 7) is 3.49. The van der Waals surface area contributed by atoms with Crippen molar-refractivity contribution in [3.05, 3.63) is 24.3 Å². The third-order valence-electron chi connectivity index (χ3n) is 3.15. The topological polar surface area (TPSA) is 24.5 Å². The number of nitrogens with zero attached hydrogens (tertiary/aromatic N) is 1. The summed E-state index contributed by atoms with van der Waals surface area (Å²) in [4.78, 5) is 2.39. The molecule has 1 N–H and O–H groups in total. The van der Waals surface area contributed by atoms with Crippen molar-refractivity contribution in [3.63, 3.8) is 0 Å². The minimum Gasteiger partial charge on any atom is -0.497 e. The van der Waals surface area contributed by atoms with E-state index < -0.39 is 0 Å². The minimum absolute atomic E-state index is 0.774. The van der Waals surface area contributed by atoms with E-state index in [1.165, 1.54) is 19.5 Å². The normalized spacial score (nSPS) is 21.0. The Kier molecular flexibility index (Phi) is 3.67. The predicted molar refractivity (Wildman–Crippen MR) is 67.1 cm³/mol. The summed E-state index contributed by atoms with van der Waals surface area (Å²) in [6.07, 6.45) is 1.30. The third-order valence-corrected chi connectivity index (χ3v) is 3.15. The van der Waals surface area contributed by atoms with Gasteiger partial charge < -0.3 is 15.0 Å². The fraction of sp³-hybridized carbons (Fsp3) is 0.538. The standard InChI is InChI=1S/C13H20N2O/c1-15-7-6-11(10-15)9-14-12-4-3-5-13(8-12)16-2/h3-5,8,11,14H,6-7,9-10H2,1-2H3. The molecule has 1 aliphatic heterocycles. The number of likely N-dealkylation sites (tertiary alicyclic amines) is 1. The molecular weight excluding hydrogens is 200 g/mol. The number of anilines is 1. The van der Waals surface area contributed by atoms with Gasteiger partial charge in [0, 0.05) is 24.8 Å². The van der Waals surface area contributed by atoms with Crippen LogP contribution in [0.2, 0.25) is 0 Å². The van der Waals surface area contributed by atoms with E-state index in [0.29, 0.717) is 0 Å². The quantitative estimate of drug-likeness (QED) is 0.840. The molecule has 0 radical (unpaired) electrons. The van der Waals surface area contributed by atoms with E-state index in [0.717, 1.165) is 23.9 Å². The van der Waals surface area contributed by atoms with Crippen molar-refractivity contribution in [1.82, 2.24) is 4.90 Å². The molecule has 1 aliphatic rings. The lowest BCUT2D eigenvalue weighted by atomic mass is 10.1. The maximum atomic E-state index is 5.20. The number of hydrogen-bond acceptors (Lipinski definition) is 3. The molecule has 0 amide bonds. The number of rotatable bonds is 4. The average Bonchev–Trinajstić information content (AvgIpc) is 2.73. The molecule has 3 heteroatoms. The smallest absolute Gasteiger partial charge is 0.120 e. The Morgan fingerprint density at radius 2 is 2.38 bits per heavy atom. The van der Waals surface area contributed by atoms with Crippen LogP contribution in [-0.2, 0) is 0 Å². The summed E-state index contributed by atoms with van der Waals surface area (Å²) in [6, 6.07) is 8.11. The summed E-state index contributed by atoms with van der Waals surface area (Å²) in [5.74, 6) is 1.68. The molecule has 1 saturated heterocycles. The second-order valence-corrected chi connectivity index (χ2v) is 4.53. The Labute approximate surface area is 97.4 Å². The van der Waals surface area contributed by atoms with Crippen LogP contribution in [0.3, 0.4) is 0 Å². The van der Waals surface area contributed by atoms with Crippen molar-refractivity contribution in [2.75, 3.05) is 39.1 Å². The highest BCUT2D eigenvalue weighted by Crippen LogP contribution is 2.19. The lowest BCUT2D eigenvalue weighted by Crippen LogP contribution is -2.19. The minimum atomic E-state index is 0.774. The lowest BCUT2D eigenvalue weighted by Gasteiger charge is -2.13. The first kappa shape index (κ1) is 11.3. The van der Waals surface area contributed by atoms with Crippen molar-refractivity contribution < 1.29 is 4.74 Å². The predicted octanol–water partition coefficient (Wildman–Crippen LogP) is 2.06. The van der Waals surface area contributed by atoms with E-state index in [1.807, 2.05) is 18.2 Å². The van der Waals surface area contributed by atoms with Gasteiger partial charge in [0.1, 0.15) is 5.75 Å². The zero-order valence-electron chi connectivity index (χ0n) is 10.1. The molecule has 3 nitrogen and oxygen atoms in total. The fourth-order valence-electron chi connectivity index (χ4n) is 2.19. The average molecular weight is 220 g/mol. The first-order chi connectivity index (χ1) is 7.78. The summed E-state index contributed by atoms with van der Waals surface area (Å²) < 4.78 is 5.20. The fourth-order valence-corrected chi connectivity index (χ4v) is 2.19. The number of hydrogen-bond donors (Lipinski definition) is 1. The Hall–Kier alpha value is -1.22. The molecule has 0 aromatic heterocycles. The maximum absolute atomic E-state index is 5.20. The summed E-state index contributed by atoms with van der Waals surface area (Å²) in [7, 11) is 3.89. The van der Waals surface area contributed by atoms with Gasteiger partial charge in [-0.25, -0.2) is 0 Å². The van der Waals surface area contributed by atoms with Crippen LogP contribution in [0.1, 0.15) is 6.42 Å². The lowest BCUT2D eigenvalue weighted by molar-refractivity contribution is 0.399. The molecule has 0 saturated carbocycles. The van der Waals surface area contributed by atoms with Crippen molar-refractivity contribution in [1.29, 1.82) is 0 Å². The first-order valence-electron chi connectivity index (χ1n) is 5.84. The van der Waals surface area contributed by atoms with E-state index in [-0.39, 0.29) is 0 Å². The van der Waals surface area contributed by atoms with E-state index in [9.17, 15) is 0 Å². The van der Waals surface area contributed by atoms with Crippen molar-refractivity contribution in [3.8, 4) is 5.75 Å². The van der Waals surface area contributed by atoms with Crippen LogP contribution >= 0.6 is 0 Å². The van der Waals surface area contributed by atoms with Gasteiger partial charge in [-0.1, -0.05) is 6.07 Å². The van der Waals surface area contributed by atoms with Crippen LogP contribution in [-0.4, -0.2) is 38.7 Å². The molecule has 1 fully saturated rings. The third kappa shape index (κ3) is 2.89. The molecule has 1 aromatic carbocycles. The summed E-state index contributed by atoms with van der Waals surface area (Å²) >= 11 is 0. The van der Waals surface area contributed by atoms with Crippen LogP contribution in [0.25, 0.3) is 0 Å². The van der Waals surface area contributed by atoms with Gasteiger partial charge in [-0.15, -0.1) is 0 Å². The van der Waals surface area contributed by atoms with Gasteiger partial charge in [0.05, 0.1) is 7.11 Å². The Morgan fingerprint density at radius 3 is 3.06 bits per heavy atom. The van der Waals surface area contributed by atoms with Gasteiger partial charge in [0.25, 0.3) is 0 Å². The van der Waals surface area contributed by atoms with Gasteiger partial charge in [0.2, 0.25) is 0 Å². The van der Waals surface area contributed by atoms with E-state index in [2.05, 4.69) is 23.3 Å². The SMILES string of the molecule is COc1cccc(NCC2CCN(C)C2)c1. The zero-order chi connectivity index (χ0) is 11.4. The molecule has 0 spiro atoms. The van der Waals surface area contributed by atoms with Crippen LogP contribution < -0.4 is 10.1 Å². The second-order valence-electron chi connectivity index (χ2n) is 4.53. The molecule has 1 aromatic rings. The van der Waals surface area contributed by atoms with Crippen LogP contribution in [0.15, 0.2) is 24.3 Å². The van der Waals surface area contributed by atoms with Gasteiger partial charge in [-0.2, -0.15) is 0 Å². The molecule has 1 heterocycles. The maximum Gasteiger partial charge on any atom is 0.120 e. The van der Waals surface area contributed by atoms with Crippen molar-refractivity contribution in [2.24, 2.45) is 5.92 Å². The molecule has 1 unspecified atom stereocenters. The summed E-state index contributed by atoms with van der Waals surface area (Å²) in [5.41, 5.74) is 1.15. The first-order valence-corrected chi connectivity index (χ1v) is 5.84. The molecule has 0 bridgehead atoms. The van der Waals surface area contributed by atoms with E-state index in [1.54, 1.807) is 7.11 Å². The Morgan fingerprint density at radius 1 is 1.50 bits per heavy atom. The van der Waals surface area contributed by atoms with Gasteiger partial charge in [-0.05, 0) is 38.1 Å². The summed E-state index contributed by atoms with van der Waals surface area (Å²) in [5, 5.41) is 3.48. The number of nitrogens with one attached hydrogen (secondary N) is 1. The number of methoxy groups -OCH3 is 1. The zero-order valence-corrected chi connectivity index (χ0v) is 10.1. The Balaban J connectivity index is 1.84. The highest BCUT2D eigenvalue weighted by atomic mass is 16.5. The van der Waals surface area contributed by atoms with E-state index in [4.69, 9.17) is 4.74 Å². The highest BCUT2D eigenvalue weighted by Gasteiger charge is 2.18. The van der Waals surface area contributed by atoms with Crippen LogP contribution in [0.4, 0.5) is 5.69 Å². The highest BCUT2D eigenvalue weighted by molar-refractivity contribution is 5.48. The molecule has 2 rings (SSSR count). The molecule has 16 heavy (non-hydrogen) atoms. The monoisotopic (exact) mass is 220 g/mol. The van der Waals surface area contributed by atoms with Crippen LogP contribution in [0, 0.1) is 5.92 Å². The van der Waals surface area contributed by atoms with Gasteiger partial charge in [0.15, 0.2) is 0 Å². The molecule has 0 aliphatic carbocycles. The van der Waals surface area contributed by atoms with Crippen molar-refractivity contribution >= 4 is 5.69 Å². The van der Waals surface area contributed by atoms with Crippen LogP contribution in [0.5, 0.6) is 5.75 Å². The largest absolute Gasteiger partial charge is 0.497 e. The second kappa shape index (κ2) is 5.21. The number of ether oxygens (including phenoxy) is 1.